The van der Waals surface area contributed by atoms with Gasteiger partial charge in [0, 0.05) is 12.5 Å². The van der Waals surface area contributed by atoms with Crippen molar-refractivity contribution in [3.05, 3.63) is 46.8 Å². The maximum absolute atomic E-state index is 12.1. The van der Waals surface area contributed by atoms with Crippen LogP contribution in [0.15, 0.2) is 28.8 Å². The van der Waals surface area contributed by atoms with Gasteiger partial charge in [-0.2, -0.15) is 0 Å². The summed E-state index contributed by atoms with van der Waals surface area (Å²) in [5.41, 5.74) is 1.94. The minimum atomic E-state index is -1.12. The van der Waals surface area contributed by atoms with E-state index in [4.69, 9.17) is 9.26 Å². The summed E-state index contributed by atoms with van der Waals surface area (Å²) in [4.78, 5) is 23.6. The molecule has 2 N–H and O–H groups in total. The van der Waals surface area contributed by atoms with Crippen molar-refractivity contribution in [3.63, 3.8) is 0 Å². The molecule has 0 fully saturated rings. The average Bonchev–Trinajstić information content (AvgIpc) is 3.12. The van der Waals surface area contributed by atoms with Gasteiger partial charge in [0.05, 0.1) is 18.7 Å². The zero-order valence-corrected chi connectivity index (χ0v) is 12.5. The van der Waals surface area contributed by atoms with Gasteiger partial charge in [-0.25, -0.2) is 4.79 Å². The lowest BCUT2D eigenvalue weighted by Gasteiger charge is -2.15. The molecule has 0 saturated heterocycles. The van der Waals surface area contributed by atoms with Crippen molar-refractivity contribution in [2.45, 2.75) is 25.8 Å². The largest absolute Gasteiger partial charge is 0.493 e. The van der Waals surface area contributed by atoms with Gasteiger partial charge in [-0.05, 0) is 30.2 Å². The summed E-state index contributed by atoms with van der Waals surface area (Å²) >= 11 is 0. The summed E-state index contributed by atoms with van der Waals surface area (Å²) in [6, 6.07) is 5.69. The Hall–Kier alpha value is -2.83. The van der Waals surface area contributed by atoms with Crippen LogP contribution in [0.4, 0.5) is 0 Å². The Morgan fingerprint density at radius 3 is 2.91 bits per heavy atom. The van der Waals surface area contributed by atoms with E-state index in [1.165, 1.54) is 0 Å². The molecule has 1 unspecified atom stereocenters. The van der Waals surface area contributed by atoms with Crippen LogP contribution in [0.1, 0.15) is 28.6 Å². The van der Waals surface area contributed by atoms with Crippen LogP contribution < -0.4 is 10.1 Å². The summed E-state index contributed by atoms with van der Waals surface area (Å²) in [5.74, 6) is -0.181. The van der Waals surface area contributed by atoms with E-state index in [1.54, 1.807) is 31.2 Å². The SMILES string of the molecule is Cc1cc(CC(=O)NC(C(=O)O)c2ccc3c(c2)CCO3)no1. The van der Waals surface area contributed by atoms with Crippen molar-refractivity contribution < 1.29 is 24.0 Å². The summed E-state index contributed by atoms with van der Waals surface area (Å²) in [5, 5.41) is 15.7. The van der Waals surface area contributed by atoms with E-state index in [1.807, 2.05) is 0 Å². The number of carboxylic acids is 1. The maximum Gasteiger partial charge on any atom is 0.330 e. The lowest BCUT2D eigenvalue weighted by Crippen LogP contribution is -2.34. The first kappa shape index (κ1) is 15.1. The zero-order chi connectivity index (χ0) is 16.4. The third kappa shape index (κ3) is 3.33. The number of carbonyl (C=O) groups excluding carboxylic acids is 1. The van der Waals surface area contributed by atoms with Gasteiger partial charge < -0.3 is 19.7 Å². The minimum absolute atomic E-state index is 0.0326. The molecular weight excluding hydrogens is 300 g/mol. The maximum atomic E-state index is 12.1. The number of aliphatic carboxylic acids is 1. The zero-order valence-electron chi connectivity index (χ0n) is 12.5. The number of amides is 1. The fourth-order valence-corrected chi connectivity index (χ4v) is 2.55. The van der Waals surface area contributed by atoms with Gasteiger partial charge in [0.1, 0.15) is 11.5 Å². The molecule has 2 aromatic rings. The summed E-state index contributed by atoms with van der Waals surface area (Å²) in [7, 11) is 0. The molecule has 1 amide bonds. The third-order valence-electron chi connectivity index (χ3n) is 3.62. The van der Waals surface area contributed by atoms with Crippen molar-refractivity contribution in [2.75, 3.05) is 6.61 Å². The fraction of sp³-hybridized carbons (Fsp3) is 0.312. The quantitative estimate of drug-likeness (QED) is 0.864. The number of aromatic nitrogens is 1. The lowest BCUT2D eigenvalue weighted by atomic mass is 10.0. The molecule has 1 atom stereocenters. The smallest absolute Gasteiger partial charge is 0.330 e. The molecule has 0 radical (unpaired) electrons. The second-order valence-electron chi connectivity index (χ2n) is 5.41. The van der Waals surface area contributed by atoms with Crippen LogP contribution in [0.3, 0.4) is 0 Å². The van der Waals surface area contributed by atoms with Gasteiger partial charge in [0.25, 0.3) is 0 Å². The molecule has 0 bridgehead atoms. The number of benzene rings is 1. The predicted molar refractivity (Wildman–Crippen MR) is 79.1 cm³/mol. The molecule has 120 valence electrons. The van der Waals surface area contributed by atoms with Gasteiger partial charge in [-0.3, -0.25) is 4.79 Å². The van der Waals surface area contributed by atoms with Crippen LogP contribution >= 0.6 is 0 Å². The number of rotatable bonds is 5. The Labute approximate surface area is 132 Å². The number of carbonyl (C=O) groups is 2. The van der Waals surface area contributed by atoms with Crippen LogP contribution in [-0.2, 0) is 22.4 Å². The Morgan fingerprint density at radius 2 is 2.22 bits per heavy atom. The molecule has 1 aromatic carbocycles. The second-order valence-corrected chi connectivity index (χ2v) is 5.41. The van der Waals surface area contributed by atoms with Crippen LogP contribution in [-0.4, -0.2) is 28.7 Å². The summed E-state index contributed by atoms with van der Waals surface area (Å²) in [6.07, 6.45) is 0.705. The van der Waals surface area contributed by atoms with Gasteiger partial charge in [0.15, 0.2) is 6.04 Å². The minimum Gasteiger partial charge on any atom is -0.493 e. The molecule has 3 rings (SSSR count). The molecule has 1 aromatic heterocycles. The number of carboxylic acid groups (broad SMARTS) is 1. The topological polar surface area (TPSA) is 102 Å². The first-order valence-electron chi connectivity index (χ1n) is 7.23. The molecule has 0 aliphatic carbocycles. The summed E-state index contributed by atoms with van der Waals surface area (Å²) < 4.78 is 10.3. The van der Waals surface area contributed by atoms with Crippen LogP contribution in [0.25, 0.3) is 0 Å². The van der Waals surface area contributed by atoms with E-state index in [0.29, 0.717) is 23.6 Å². The Bertz CT molecular complexity index is 753. The third-order valence-corrected chi connectivity index (χ3v) is 3.62. The van der Waals surface area contributed by atoms with Crippen molar-refractivity contribution in [1.82, 2.24) is 10.5 Å². The molecule has 7 heteroatoms. The highest BCUT2D eigenvalue weighted by atomic mass is 16.5. The molecule has 7 nitrogen and oxygen atoms in total. The number of hydrogen-bond donors (Lipinski definition) is 2. The van der Waals surface area contributed by atoms with Crippen LogP contribution in [0.2, 0.25) is 0 Å². The highest BCUT2D eigenvalue weighted by molar-refractivity contribution is 5.85. The second kappa shape index (κ2) is 6.12. The lowest BCUT2D eigenvalue weighted by molar-refractivity contribution is -0.142. The fourth-order valence-electron chi connectivity index (χ4n) is 2.55. The number of aryl methyl sites for hydroxylation is 1. The van der Waals surface area contributed by atoms with Crippen molar-refractivity contribution in [1.29, 1.82) is 0 Å². The molecule has 1 aliphatic rings. The first-order chi connectivity index (χ1) is 11.0. The van der Waals surface area contributed by atoms with Crippen molar-refractivity contribution in [3.8, 4) is 5.75 Å². The van der Waals surface area contributed by atoms with Gasteiger partial charge in [-0.15, -0.1) is 0 Å². The van der Waals surface area contributed by atoms with E-state index < -0.39 is 17.9 Å². The standard InChI is InChI=1S/C16H16N2O5/c1-9-6-12(18-23-9)8-14(19)17-15(16(20)21)11-2-3-13-10(7-11)4-5-22-13/h2-3,6-7,15H,4-5,8H2,1H3,(H,17,19)(H,20,21). The predicted octanol–water partition coefficient (Wildman–Crippen LogP) is 1.40. The summed E-state index contributed by atoms with van der Waals surface area (Å²) in [6.45, 7) is 2.31. The van der Waals surface area contributed by atoms with E-state index in [0.717, 1.165) is 17.7 Å². The first-order valence-corrected chi connectivity index (χ1v) is 7.23. The van der Waals surface area contributed by atoms with Gasteiger partial charge in [-0.1, -0.05) is 11.2 Å². The Balaban J connectivity index is 1.74. The van der Waals surface area contributed by atoms with E-state index in [9.17, 15) is 14.7 Å². The van der Waals surface area contributed by atoms with Gasteiger partial charge in [0.2, 0.25) is 5.91 Å². The van der Waals surface area contributed by atoms with Crippen molar-refractivity contribution >= 4 is 11.9 Å². The van der Waals surface area contributed by atoms with Gasteiger partial charge >= 0.3 is 5.97 Å². The number of ether oxygens (including phenoxy) is 1. The van der Waals surface area contributed by atoms with E-state index in [-0.39, 0.29) is 6.42 Å². The molecular formula is C16H16N2O5. The Morgan fingerprint density at radius 1 is 1.39 bits per heavy atom. The average molecular weight is 316 g/mol. The van der Waals surface area contributed by atoms with E-state index >= 15 is 0 Å². The van der Waals surface area contributed by atoms with Crippen molar-refractivity contribution in [2.24, 2.45) is 0 Å². The number of hydrogen-bond acceptors (Lipinski definition) is 5. The molecule has 1 aliphatic heterocycles. The van der Waals surface area contributed by atoms with Crippen LogP contribution in [0.5, 0.6) is 5.75 Å². The molecule has 0 spiro atoms. The monoisotopic (exact) mass is 316 g/mol. The van der Waals surface area contributed by atoms with Crippen LogP contribution in [0, 0.1) is 6.92 Å². The van der Waals surface area contributed by atoms with E-state index in [2.05, 4.69) is 10.5 Å². The Kier molecular flexibility index (Phi) is 4.01. The highest BCUT2D eigenvalue weighted by Gasteiger charge is 2.24. The number of nitrogens with one attached hydrogen (secondary N) is 1. The number of fused-ring (bicyclic) bond motifs is 1. The molecule has 2 heterocycles. The molecule has 0 saturated carbocycles. The number of nitrogens with zero attached hydrogens (tertiary/aromatic N) is 1. The molecule has 23 heavy (non-hydrogen) atoms. The highest BCUT2D eigenvalue weighted by Crippen LogP contribution is 2.28. The normalized spacial score (nSPS) is 14.0.